The van der Waals surface area contributed by atoms with Gasteiger partial charge in [0.1, 0.15) is 12.3 Å². The highest BCUT2D eigenvalue weighted by Crippen LogP contribution is 2.40. The third kappa shape index (κ3) is 4.83. The minimum Gasteiger partial charge on any atom is -0.493 e. The summed E-state index contributed by atoms with van der Waals surface area (Å²) in [7, 11) is 1.50. The first kappa shape index (κ1) is 21.6. The molecule has 0 atom stereocenters. The van der Waals surface area contributed by atoms with Crippen molar-refractivity contribution in [2.45, 2.75) is 0 Å². The topological polar surface area (TPSA) is 170 Å². The van der Waals surface area contributed by atoms with Gasteiger partial charge in [0.25, 0.3) is 5.88 Å². The molecule has 0 spiro atoms. The highest BCUT2D eigenvalue weighted by Gasteiger charge is 2.21. The Morgan fingerprint density at radius 3 is 2.73 bits per heavy atom. The maximum atomic E-state index is 11.3. The SMILES string of the molecule is COc1ccccc1Oc1c(NC=O)nc(-c2ccnc(-c3nn[nH]n3)c2)nc1OCCO. The van der Waals surface area contributed by atoms with Gasteiger partial charge in [0.2, 0.25) is 18.0 Å². The van der Waals surface area contributed by atoms with Crippen molar-refractivity contribution in [2.75, 3.05) is 25.6 Å². The number of aromatic amines is 1. The Bertz CT molecular complexity index is 1240. The number of amides is 1. The molecule has 0 unspecified atom stereocenters. The van der Waals surface area contributed by atoms with Gasteiger partial charge in [-0.25, -0.2) is 4.98 Å². The van der Waals surface area contributed by atoms with Crippen LogP contribution in [0.15, 0.2) is 42.6 Å². The third-order valence-corrected chi connectivity index (χ3v) is 4.23. The smallest absolute Gasteiger partial charge is 0.263 e. The first-order valence-electron chi connectivity index (χ1n) is 9.60. The van der Waals surface area contributed by atoms with Crippen molar-refractivity contribution in [3.63, 3.8) is 0 Å². The monoisotopic (exact) mass is 450 g/mol. The quantitative estimate of drug-likeness (QED) is 0.299. The van der Waals surface area contributed by atoms with Crippen molar-refractivity contribution in [3.8, 4) is 46.0 Å². The number of ether oxygens (including phenoxy) is 3. The van der Waals surface area contributed by atoms with E-state index in [2.05, 4.69) is 40.9 Å². The molecule has 3 aromatic heterocycles. The van der Waals surface area contributed by atoms with Crippen molar-refractivity contribution >= 4 is 12.2 Å². The molecule has 3 N–H and O–H groups in total. The number of hydrogen-bond donors (Lipinski definition) is 3. The second-order valence-corrected chi connectivity index (χ2v) is 6.28. The van der Waals surface area contributed by atoms with Gasteiger partial charge in [-0.2, -0.15) is 10.2 Å². The van der Waals surface area contributed by atoms with Gasteiger partial charge in [0, 0.05) is 11.8 Å². The Morgan fingerprint density at radius 2 is 2.00 bits per heavy atom. The number of para-hydroxylation sites is 2. The largest absolute Gasteiger partial charge is 0.493 e. The second kappa shape index (κ2) is 10.1. The minimum absolute atomic E-state index is 0.00206. The van der Waals surface area contributed by atoms with E-state index in [4.69, 9.17) is 14.2 Å². The van der Waals surface area contributed by atoms with Crippen molar-refractivity contribution < 1.29 is 24.1 Å². The van der Waals surface area contributed by atoms with Gasteiger partial charge in [-0.1, -0.05) is 12.1 Å². The number of tetrazole rings is 1. The summed E-state index contributed by atoms with van der Waals surface area (Å²) >= 11 is 0. The maximum Gasteiger partial charge on any atom is 0.263 e. The fourth-order valence-electron chi connectivity index (χ4n) is 2.82. The summed E-state index contributed by atoms with van der Waals surface area (Å²) in [5.41, 5.74) is 0.971. The summed E-state index contributed by atoms with van der Waals surface area (Å²) in [6, 6.07) is 10.2. The van der Waals surface area contributed by atoms with Crippen LogP contribution in [-0.2, 0) is 4.79 Å². The lowest BCUT2D eigenvalue weighted by Gasteiger charge is -2.16. The van der Waals surface area contributed by atoms with Crippen LogP contribution in [0.25, 0.3) is 22.9 Å². The van der Waals surface area contributed by atoms with E-state index >= 15 is 0 Å². The molecule has 0 radical (unpaired) electrons. The Hall–Kier alpha value is -4.65. The summed E-state index contributed by atoms with van der Waals surface area (Å²) in [5.74, 6) is 1.38. The second-order valence-electron chi connectivity index (χ2n) is 6.28. The molecule has 0 saturated heterocycles. The summed E-state index contributed by atoms with van der Waals surface area (Å²) in [6.07, 6.45) is 1.99. The van der Waals surface area contributed by atoms with Gasteiger partial charge in [-0.05, 0) is 29.5 Å². The number of anilines is 1. The van der Waals surface area contributed by atoms with Gasteiger partial charge in [0.05, 0.1) is 13.7 Å². The lowest BCUT2D eigenvalue weighted by molar-refractivity contribution is -0.105. The van der Waals surface area contributed by atoms with E-state index in [1.165, 1.54) is 13.3 Å². The molecule has 13 nitrogen and oxygen atoms in total. The summed E-state index contributed by atoms with van der Waals surface area (Å²) < 4.78 is 16.9. The Balaban J connectivity index is 1.81. The van der Waals surface area contributed by atoms with Crippen molar-refractivity contribution in [1.29, 1.82) is 0 Å². The lowest BCUT2D eigenvalue weighted by atomic mass is 10.2. The summed E-state index contributed by atoms with van der Waals surface area (Å²) in [5, 5.41) is 25.5. The van der Waals surface area contributed by atoms with Crippen LogP contribution >= 0.6 is 0 Å². The number of H-pyrrole nitrogens is 1. The number of aromatic nitrogens is 7. The van der Waals surface area contributed by atoms with Crippen LogP contribution in [0.1, 0.15) is 0 Å². The predicted molar refractivity (Wildman–Crippen MR) is 114 cm³/mol. The van der Waals surface area contributed by atoms with Crippen LogP contribution in [0.4, 0.5) is 5.82 Å². The summed E-state index contributed by atoms with van der Waals surface area (Å²) in [6.45, 7) is -0.329. The number of nitrogens with zero attached hydrogens (tertiary/aromatic N) is 6. The molecular formula is C20H18N8O5. The number of aliphatic hydroxyl groups is 1. The van der Waals surface area contributed by atoms with Crippen molar-refractivity contribution in [1.82, 2.24) is 35.6 Å². The Morgan fingerprint density at radius 1 is 1.15 bits per heavy atom. The van der Waals surface area contributed by atoms with Gasteiger partial charge in [-0.15, -0.1) is 10.2 Å². The zero-order valence-corrected chi connectivity index (χ0v) is 17.3. The molecule has 13 heteroatoms. The van der Waals surface area contributed by atoms with Crippen LogP contribution in [-0.4, -0.2) is 67.4 Å². The molecule has 1 amide bonds. The van der Waals surface area contributed by atoms with Gasteiger partial charge in [0.15, 0.2) is 23.1 Å². The fourth-order valence-corrected chi connectivity index (χ4v) is 2.82. The molecule has 3 heterocycles. The fraction of sp³-hybridized carbons (Fsp3) is 0.150. The van der Waals surface area contributed by atoms with Crippen molar-refractivity contribution in [3.05, 3.63) is 42.6 Å². The van der Waals surface area contributed by atoms with Crippen LogP contribution < -0.4 is 19.5 Å². The third-order valence-electron chi connectivity index (χ3n) is 4.23. The zero-order valence-electron chi connectivity index (χ0n) is 17.3. The van der Waals surface area contributed by atoms with E-state index in [1.54, 1.807) is 36.4 Å². The highest BCUT2D eigenvalue weighted by molar-refractivity contribution is 5.76. The Labute approximate surface area is 186 Å². The minimum atomic E-state index is -0.263. The average Bonchev–Trinajstić information content (AvgIpc) is 3.40. The normalized spacial score (nSPS) is 10.5. The average molecular weight is 450 g/mol. The number of nitrogens with one attached hydrogen (secondary N) is 2. The van der Waals surface area contributed by atoms with Crippen LogP contribution in [0, 0.1) is 0 Å². The highest BCUT2D eigenvalue weighted by atomic mass is 16.5. The zero-order chi connectivity index (χ0) is 23.0. The predicted octanol–water partition coefficient (Wildman–Crippen LogP) is 1.46. The van der Waals surface area contributed by atoms with Gasteiger partial charge in [-0.3, -0.25) is 9.78 Å². The number of hydrogen-bond acceptors (Lipinski definition) is 11. The molecule has 4 aromatic rings. The molecule has 168 valence electrons. The standard InChI is InChI=1S/C20H18N8O5/c1-31-14-4-2-3-5-15(14)33-16-19(22-11-30)23-17(24-20(16)32-9-8-29)12-6-7-21-13(10-12)18-25-27-28-26-18/h2-7,10-11,29H,8-9H2,1H3,(H,22,23,24,30)(H,25,26,27,28). The number of carbonyl (C=O) groups excluding carboxylic acids is 1. The first-order chi connectivity index (χ1) is 16.2. The molecular weight excluding hydrogens is 432 g/mol. The number of methoxy groups -OCH3 is 1. The molecule has 33 heavy (non-hydrogen) atoms. The van der Waals surface area contributed by atoms with E-state index in [0.29, 0.717) is 29.2 Å². The van der Waals surface area contributed by atoms with Gasteiger partial charge >= 0.3 is 0 Å². The molecule has 1 aromatic carbocycles. The molecule has 0 bridgehead atoms. The molecule has 0 aliphatic carbocycles. The first-order valence-corrected chi connectivity index (χ1v) is 9.60. The molecule has 0 fully saturated rings. The van der Waals surface area contributed by atoms with Crippen LogP contribution in [0.3, 0.4) is 0 Å². The van der Waals surface area contributed by atoms with Crippen LogP contribution in [0.5, 0.6) is 23.1 Å². The van der Waals surface area contributed by atoms with E-state index in [-0.39, 0.29) is 42.3 Å². The molecule has 4 rings (SSSR count). The molecule has 0 aliphatic rings. The number of carbonyl (C=O) groups is 1. The van der Waals surface area contributed by atoms with E-state index < -0.39 is 0 Å². The maximum absolute atomic E-state index is 11.3. The van der Waals surface area contributed by atoms with E-state index in [9.17, 15) is 9.90 Å². The van der Waals surface area contributed by atoms with Crippen molar-refractivity contribution in [2.24, 2.45) is 0 Å². The summed E-state index contributed by atoms with van der Waals surface area (Å²) in [4.78, 5) is 24.4. The molecule has 0 saturated carbocycles. The molecule has 0 aliphatic heterocycles. The van der Waals surface area contributed by atoms with Crippen LogP contribution in [0.2, 0.25) is 0 Å². The number of rotatable bonds is 10. The Kier molecular flexibility index (Phi) is 6.61. The number of pyridine rings is 1. The van der Waals surface area contributed by atoms with Gasteiger partial charge < -0.3 is 24.6 Å². The van der Waals surface area contributed by atoms with E-state index in [1.807, 2.05) is 0 Å². The number of aliphatic hydroxyl groups excluding tert-OH is 1. The lowest BCUT2D eigenvalue weighted by Crippen LogP contribution is -2.09. The van der Waals surface area contributed by atoms with E-state index in [0.717, 1.165) is 0 Å². The number of benzene rings is 1.